The van der Waals surface area contributed by atoms with Crippen molar-refractivity contribution in [1.82, 2.24) is 15.6 Å². The summed E-state index contributed by atoms with van der Waals surface area (Å²) in [7, 11) is 0. The molecule has 1 aliphatic heterocycles. The van der Waals surface area contributed by atoms with Crippen LogP contribution in [0, 0.1) is 5.92 Å². The van der Waals surface area contributed by atoms with Crippen molar-refractivity contribution in [1.29, 1.82) is 0 Å². The quantitative estimate of drug-likeness (QED) is 0.244. The second-order valence-corrected chi connectivity index (χ2v) is 7.63. The highest BCUT2D eigenvalue weighted by molar-refractivity contribution is 14.0. The van der Waals surface area contributed by atoms with E-state index in [9.17, 15) is 0 Å². The minimum atomic E-state index is 0. The van der Waals surface area contributed by atoms with E-state index < -0.39 is 0 Å². The van der Waals surface area contributed by atoms with Gasteiger partial charge in [0, 0.05) is 44.5 Å². The third kappa shape index (κ3) is 8.57. The van der Waals surface area contributed by atoms with Gasteiger partial charge in [-0.3, -0.25) is 4.99 Å². The van der Waals surface area contributed by atoms with Gasteiger partial charge in [-0.15, -0.1) is 35.3 Å². The van der Waals surface area contributed by atoms with E-state index in [1.54, 1.807) is 11.3 Å². The first kappa shape index (κ1) is 22.5. The highest BCUT2D eigenvalue weighted by Crippen LogP contribution is 2.24. The molecule has 0 amide bonds. The molecule has 7 heteroatoms. The van der Waals surface area contributed by atoms with E-state index in [0.29, 0.717) is 0 Å². The number of aromatic nitrogens is 1. The molecule has 1 saturated heterocycles. The molecule has 1 aliphatic rings. The maximum absolute atomic E-state index is 4.77. The zero-order valence-electron chi connectivity index (χ0n) is 15.9. The number of nitrogens with one attached hydrogen (secondary N) is 2. The van der Waals surface area contributed by atoms with E-state index in [0.717, 1.165) is 44.4 Å². The molecule has 1 aromatic rings. The number of halogens is 1. The third-order valence-corrected chi connectivity index (χ3v) is 5.09. The largest absolute Gasteiger partial charge is 0.357 e. The van der Waals surface area contributed by atoms with Crippen LogP contribution in [0.2, 0.25) is 0 Å². The van der Waals surface area contributed by atoms with Crippen molar-refractivity contribution in [2.75, 3.05) is 37.6 Å². The van der Waals surface area contributed by atoms with Gasteiger partial charge in [-0.2, -0.15) is 0 Å². The van der Waals surface area contributed by atoms with E-state index in [1.165, 1.54) is 43.2 Å². The predicted octanol–water partition coefficient (Wildman–Crippen LogP) is 3.90. The van der Waals surface area contributed by atoms with Crippen LogP contribution in [0.25, 0.3) is 0 Å². The normalized spacial score (nSPS) is 14.7. The fraction of sp³-hybridized carbons (Fsp3) is 0.778. The molecule has 0 spiro atoms. The third-order valence-electron chi connectivity index (χ3n) is 4.14. The summed E-state index contributed by atoms with van der Waals surface area (Å²) in [6, 6.07) is 0. The van der Waals surface area contributed by atoms with Crippen LogP contribution in [-0.2, 0) is 6.42 Å². The smallest absolute Gasteiger partial charge is 0.191 e. The standard InChI is InChI=1S/C18H33N5S.HI/c1-4-19-17(20-10-7-8-15(2)3)21-11-9-16-14-24-18(22-16)23-12-5-6-13-23;/h14-15H,4-13H2,1-3H3,(H2,19,20,21);1H. The SMILES string of the molecule is CCNC(=NCCCC(C)C)NCCc1csc(N2CCCC2)n1.I. The number of thiazole rings is 1. The summed E-state index contributed by atoms with van der Waals surface area (Å²) in [5, 5.41) is 10.1. The van der Waals surface area contributed by atoms with Crippen molar-refractivity contribution in [3.63, 3.8) is 0 Å². The van der Waals surface area contributed by atoms with E-state index in [4.69, 9.17) is 4.98 Å². The lowest BCUT2D eigenvalue weighted by Gasteiger charge is -2.12. The van der Waals surface area contributed by atoms with Gasteiger partial charge in [-0.25, -0.2) is 4.98 Å². The van der Waals surface area contributed by atoms with E-state index >= 15 is 0 Å². The van der Waals surface area contributed by atoms with Crippen LogP contribution in [0.15, 0.2) is 10.4 Å². The van der Waals surface area contributed by atoms with Gasteiger partial charge < -0.3 is 15.5 Å². The number of anilines is 1. The van der Waals surface area contributed by atoms with Gasteiger partial charge in [0.2, 0.25) is 0 Å². The van der Waals surface area contributed by atoms with Crippen LogP contribution in [0.3, 0.4) is 0 Å². The Morgan fingerprint density at radius 2 is 2.08 bits per heavy atom. The summed E-state index contributed by atoms with van der Waals surface area (Å²) in [5.41, 5.74) is 1.19. The molecule has 2 rings (SSSR count). The average molecular weight is 479 g/mol. The maximum atomic E-state index is 4.77. The molecule has 0 aromatic carbocycles. The molecule has 0 unspecified atom stereocenters. The Hall–Kier alpha value is -0.570. The number of hydrogen-bond acceptors (Lipinski definition) is 4. The lowest BCUT2D eigenvalue weighted by molar-refractivity contribution is 0.560. The molecule has 25 heavy (non-hydrogen) atoms. The van der Waals surface area contributed by atoms with Gasteiger partial charge in [0.25, 0.3) is 0 Å². The summed E-state index contributed by atoms with van der Waals surface area (Å²) in [4.78, 5) is 11.8. The molecular formula is C18H34IN5S. The minimum absolute atomic E-state index is 0. The Morgan fingerprint density at radius 3 is 2.76 bits per heavy atom. The second kappa shape index (κ2) is 12.7. The molecule has 144 valence electrons. The molecule has 0 atom stereocenters. The lowest BCUT2D eigenvalue weighted by Crippen LogP contribution is -2.38. The van der Waals surface area contributed by atoms with Crippen LogP contribution in [0.1, 0.15) is 52.1 Å². The van der Waals surface area contributed by atoms with Crippen LogP contribution in [-0.4, -0.2) is 43.7 Å². The van der Waals surface area contributed by atoms with Crippen molar-refractivity contribution in [3.8, 4) is 0 Å². The van der Waals surface area contributed by atoms with Crippen LogP contribution in [0.5, 0.6) is 0 Å². The predicted molar refractivity (Wildman–Crippen MR) is 121 cm³/mol. The summed E-state index contributed by atoms with van der Waals surface area (Å²) in [6.07, 6.45) is 5.94. The number of nitrogens with zero attached hydrogens (tertiary/aromatic N) is 3. The molecule has 0 bridgehead atoms. The number of hydrogen-bond donors (Lipinski definition) is 2. The topological polar surface area (TPSA) is 52.6 Å². The summed E-state index contributed by atoms with van der Waals surface area (Å²) in [6.45, 7) is 11.6. The Balaban J connectivity index is 0.00000312. The highest BCUT2D eigenvalue weighted by atomic mass is 127. The fourth-order valence-corrected chi connectivity index (χ4v) is 3.72. The van der Waals surface area contributed by atoms with Crippen LogP contribution >= 0.6 is 35.3 Å². The van der Waals surface area contributed by atoms with Crippen LogP contribution in [0.4, 0.5) is 5.13 Å². The van der Waals surface area contributed by atoms with Crippen molar-refractivity contribution in [2.24, 2.45) is 10.9 Å². The molecule has 1 fully saturated rings. The first-order valence-electron chi connectivity index (χ1n) is 9.40. The second-order valence-electron chi connectivity index (χ2n) is 6.79. The molecule has 2 N–H and O–H groups in total. The molecular weight excluding hydrogens is 445 g/mol. The number of rotatable bonds is 9. The number of aliphatic imine (C=N–C) groups is 1. The van der Waals surface area contributed by atoms with Crippen molar-refractivity contribution < 1.29 is 0 Å². The maximum Gasteiger partial charge on any atom is 0.191 e. The Bertz CT molecular complexity index is 497. The van der Waals surface area contributed by atoms with Crippen LogP contribution < -0.4 is 15.5 Å². The summed E-state index contributed by atoms with van der Waals surface area (Å²) in [5.74, 6) is 1.68. The Labute approximate surface area is 174 Å². The monoisotopic (exact) mass is 479 g/mol. The molecule has 2 heterocycles. The average Bonchev–Trinajstić information content (AvgIpc) is 3.22. The zero-order valence-corrected chi connectivity index (χ0v) is 19.0. The Kier molecular flexibility index (Phi) is 11.4. The molecule has 5 nitrogen and oxygen atoms in total. The molecule has 0 radical (unpaired) electrons. The first-order valence-corrected chi connectivity index (χ1v) is 10.3. The molecule has 0 saturated carbocycles. The van der Waals surface area contributed by atoms with Crippen molar-refractivity contribution in [3.05, 3.63) is 11.1 Å². The highest BCUT2D eigenvalue weighted by Gasteiger charge is 2.15. The van der Waals surface area contributed by atoms with Crippen molar-refractivity contribution >= 4 is 46.4 Å². The van der Waals surface area contributed by atoms with Gasteiger partial charge in [-0.05, 0) is 38.5 Å². The van der Waals surface area contributed by atoms with E-state index in [2.05, 4.69) is 46.7 Å². The molecule has 0 aliphatic carbocycles. The van der Waals surface area contributed by atoms with Gasteiger partial charge in [0.15, 0.2) is 11.1 Å². The zero-order chi connectivity index (χ0) is 17.2. The van der Waals surface area contributed by atoms with Gasteiger partial charge in [0.1, 0.15) is 0 Å². The number of guanidine groups is 1. The van der Waals surface area contributed by atoms with Gasteiger partial charge in [0.05, 0.1) is 5.69 Å². The summed E-state index contributed by atoms with van der Waals surface area (Å²) < 4.78 is 0. The van der Waals surface area contributed by atoms with Gasteiger partial charge in [-0.1, -0.05) is 13.8 Å². The fourth-order valence-electron chi connectivity index (χ4n) is 2.81. The van der Waals surface area contributed by atoms with Gasteiger partial charge >= 0.3 is 0 Å². The Morgan fingerprint density at radius 1 is 1.32 bits per heavy atom. The molecule has 1 aromatic heterocycles. The minimum Gasteiger partial charge on any atom is -0.357 e. The van der Waals surface area contributed by atoms with E-state index in [1.807, 2.05) is 0 Å². The lowest BCUT2D eigenvalue weighted by atomic mass is 10.1. The van der Waals surface area contributed by atoms with E-state index in [-0.39, 0.29) is 24.0 Å². The van der Waals surface area contributed by atoms with Crippen molar-refractivity contribution in [2.45, 2.75) is 52.9 Å². The summed E-state index contributed by atoms with van der Waals surface area (Å²) >= 11 is 1.78. The first-order chi connectivity index (χ1) is 11.7.